The molecule has 1 rings (SSSR count). The van der Waals surface area contributed by atoms with Gasteiger partial charge in [-0.2, -0.15) is 4.39 Å². The number of amides is 1. The van der Waals surface area contributed by atoms with Crippen LogP contribution in [0, 0.1) is 17.8 Å². The molecule has 8 nitrogen and oxygen atoms in total. The number of hydrogen-bond acceptors (Lipinski definition) is 7. The number of halogens is 1. The first kappa shape index (κ1) is 23.3. The third-order valence-electron chi connectivity index (χ3n) is 3.48. The number of nitrogens with one attached hydrogen (secondary N) is 1. The van der Waals surface area contributed by atoms with E-state index in [1.165, 1.54) is 12.1 Å². The maximum absolute atomic E-state index is 13.9. The predicted molar refractivity (Wildman–Crippen MR) is 101 cm³/mol. The Hall–Kier alpha value is -2.71. The van der Waals surface area contributed by atoms with Crippen LogP contribution in [0.3, 0.4) is 0 Å². The summed E-state index contributed by atoms with van der Waals surface area (Å²) >= 11 is 0. The van der Waals surface area contributed by atoms with Crippen molar-refractivity contribution in [3.63, 3.8) is 0 Å². The van der Waals surface area contributed by atoms with Crippen LogP contribution in [0.5, 0.6) is 0 Å². The van der Waals surface area contributed by atoms with Crippen molar-refractivity contribution in [2.24, 2.45) is 11.8 Å². The number of nitrogen functional groups attached to an aromatic ring is 1. The molecule has 1 aromatic rings. The van der Waals surface area contributed by atoms with Gasteiger partial charge in [0.2, 0.25) is 5.95 Å². The van der Waals surface area contributed by atoms with Gasteiger partial charge in [0.25, 0.3) is 5.91 Å². The number of hydrogen-bond donors (Lipinski definition) is 2. The molecule has 1 amide bonds. The van der Waals surface area contributed by atoms with Crippen molar-refractivity contribution < 1.29 is 28.2 Å². The van der Waals surface area contributed by atoms with Gasteiger partial charge in [-0.05, 0) is 30.4 Å². The van der Waals surface area contributed by atoms with Crippen LogP contribution in [0.2, 0.25) is 0 Å². The molecule has 0 aliphatic carbocycles. The summed E-state index contributed by atoms with van der Waals surface area (Å²) in [6.45, 7) is 7.93. The van der Waals surface area contributed by atoms with Gasteiger partial charge < -0.3 is 20.5 Å². The van der Waals surface area contributed by atoms with Gasteiger partial charge in [-0.15, -0.1) is 0 Å². The Labute approximate surface area is 164 Å². The van der Waals surface area contributed by atoms with Crippen molar-refractivity contribution >= 4 is 23.7 Å². The lowest BCUT2D eigenvalue weighted by Crippen LogP contribution is -2.43. The minimum absolute atomic E-state index is 0.0381. The van der Waals surface area contributed by atoms with Crippen LogP contribution in [0.1, 0.15) is 50.9 Å². The molecule has 0 spiro atoms. The second kappa shape index (κ2) is 11.2. The zero-order chi connectivity index (χ0) is 21.3. The Morgan fingerprint density at radius 3 is 2.29 bits per heavy atom. The van der Waals surface area contributed by atoms with E-state index in [2.05, 4.69) is 10.3 Å². The summed E-state index contributed by atoms with van der Waals surface area (Å²) in [5, 5.41) is 2.40. The summed E-state index contributed by atoms with van der Waals surface area (Å²) in [6.07, 6.45) is -0.138. The SMILES string of the molecule is CC(C)COC(=O)CCC(NC(=O)c1ccc(N)nc1F)C(=O)OCC(C)C. The molecular weight excluding hydrogens is 369 g/mol. The van der Waals surface area contributed by atoms with E-state index in [1.54, 1.807) is 0 Å². The van der Waals surface area contributed by atoms with E-state index in [0.29, 0.717) is 0 Å². The van der Waals surface area contributed by atoms with Crippen LogP contribution in [0.15, 0.2) is 12.1 Å². The number of carbonyl (C=O) groups is 3. The van der Waals surface area contributed by atoms with E-state index < -0.39 is 29.8 Å². The molecule has 0 radical (unpaired) electrons. The lowest BCUT2D eigenvalue weighted by atomic mass is 10.1. The molecule has 0 saturated heterocycles. The Morgan fingerprint density at radius 2 is 1.71 bits per heavy atom. The Balaban J connectivity index is 2.80. The van der Waals surface area contributed by atoms with E-state index in [9.17, 15) is 18.8 Å². The molecular formula is C19H28FN3O5. The molecule has 156 valence electrons. The molecule has 28 heavy (non-hydrogen) atoms. The van der Waals surface area contributed by atoms with Crippen molar-refractivity contribution in [1.29, 1.82) is 0 Å². The van der Waals surface area contributed by atoms with Crippen LogP contribution in [0.4, 0.5) is 10.2 Å². The molecule has 0 aromatic carbocycles. The first-order valence-corrected chi connectivity index (χ1v) is 9.15. The molecule has 1 unspecified atom stereocenters. The molecule has 1 aromatic heterocycles. The molecule has 0 aliphatic rings. The van der Waals surface area contributed by atoms with Gasteiger partial charge in [0.05, 0.1) is 18.8 Å². The first-order chi connectivity index (χ1) is 13.1. The molecule has 0 saturated carbocycles. The van der Waals surface area contributed by atoms with Gasteiger partial charge in [-0.25, -0.2) is 9.78 Å². The molecule has 0 aliphatic heterocycles. The van der Waals surface area contributed by atoms with E-state index in [0.717, 1.165) is 0 Å². The minimum Gasteiger partial charge on any atom is -0.465 e. The van der Waals surface area contributed by atoms with Crippen molar-refractivity contribution in [1.82, 2.24) is 10.3 Å². The zero-order valence-electron chi connectivity index (χ0n) is 16.7. The predicted octanol–water partition coefficient (Wildman–Crippen LogP) is 2.08. The summed E-state index contributed by atoms with van der Waals surface area (Å²) in [7, 11) is 0. The average molecular weight is 397 g/mol. The highest BCUT2D eigenvalue weighted by Crippen LogP contribution is 2.10. The molecule has 0 fully saturated rings. The monoisotopic (exact) mass is 397 g/mol. The van der Waals surface area contributed by atoms with Crippen molar-refractivity contribution in [2.45, 2.75) is 46.6 Å². The number of esters is 2. The highest BCUT2D eigenvalue weighted by atomic mass is 19.1. The fourth-order valence-corrected chi connectivity index (χ4v) is 2.05. The third-order valence-corrected chi connectivity index (χ3v) is 3.48. The number of anilines is 1. The third kappa shape index (κ3) is 8.32. The highest BCUT2D eigenvalue weighted by molar-refractivity contribution is 5.97. The van der Waals surface area contributed by atoms with Gasteiger partial charge >= 0.3 is 11.9 Å². The fraction of sp³-hybridized carbons (Fsp3) is 0.579. The summed E-state index contributed by atoms with van der Waals surface area (Å²) in [5.41, 5.74) is 5.00. The number of ether oxygens (including phenoxy) is 2. The minimum atomic E-state index is -1.13. The molecule has 1 atom stereocenters. The Morgan fingerprint density at radius 1 is 1.11 bits per heavy atom. The lowest BCUT2D eigenvalue weighted by Gasteiger charge is -2.18. The Kier molecular flexibility index (Phi) is 9.34. The molecule has 9 heteroatoms. The molecule has 1 heterocycles. The number of nitrogens with zero attached hydrogens (tertiary/aromatic N) is 1. The van der Waals surface area contributed by atoms with Crippen LogP contribution in [-0.2, 0) is 19.1 Å². The summed E-state index contributed by atoms with van der Waals surface area (Å²) in [6, 6.07) is 1.31. The number of carbonyl (C=O) groups excluding carboxylic acids is 3. The molecule has 3 N–H and O–H groups in total. The number of nitrogens with two attached hydrogens (primary N) is 1. The van der Waals surface area contributed by atoms with E-state index in [-0.39, 0.29) is 49.3 Å². The average Bonchev–Trinajstić information content (AvgIpc) is 2.60. The van der Waals surface area contributed by atoms with Crippen LogP contribution in [0.25, 0.3) is 0 Å². The van der Waals surface area contributed by atoms with Gasteiger partial charge in [-0.3, -0.25) is 9.59 Å². The largest absolute Gasteiger partial charge is 0.465 e. The van der Waals surface area contributed by atoms with Gasteiger partial charge in [-0.1, -0.05) is 27.7 Å². The van der Waals surface area contributed by atoms with E-state index >= 15 is 0 Å². The summed E-state index contributed by atoms with van der Waals surface area (Å²) in [4.78, 5) is 39.8. The van der Waals surface area contributed by atoms with Crippen LogP contribution in [-0.4, -0.2) is 42.1 Å². The molecule has 0 bridgehead atoms. The zero-order valence-corrected chi connectivity index (χ0v) is 16.7. The van der Waals surface area contributed by atoms with Gasteiger partial charge in [0, 0.05) is 6.42 Å². The van der Waals surface area contributed by atoms with Crippen molar-refractivity contribution in [3.05, 3.63) is 23.6 Å². The number of pyridine rings is 1. The summed E-state index contributed by atoms with van der Waals surface area (Å²) in [5.74, 6) is -2.91. The van der Waals surface area contributed by atoms with Crippen LogP contribution >= 0.6 is 0 Å². The standard InChI is InChI=1S/C19H28FN3O5/c1-11(2)9-27-16(24)8-6-14(19(26)28-10-12(3)4)22-18(25)13-5-7-15(21)23-17(13)20/h5,7,11-12,14H,6,8-10H2,1-4H3,(H2,21,23)(H,22,25). The van der Waals surface area contributed by atoms with Crippen molar-refractivity contribution in [3.8, 4) is 0 Å². The topological polar surface area (TPSA) is 121 Å². The Bertz CT molecular complexity index is 694. The lowest BCUT2D eigenvalue weighted by molar-refractivity contribution is -0.148. The van der Waals surface area contributed by atoms with E-state index in [1.807, 2.05) is 27.7 Å². The maximum atomic E-state index is 13.9. The van der Waals surface area contributed by atoms with Crippen molar-refractivity contribution in [2.75, 3.05) is 18.9 Å². The van der Waals surface area contributed by atoms with Gasteiger partial charge in [0.15, 0.2) is 0 Å². The smallest absolute Gasteiger partial charge is 0.328 e. The van der Waals surface area contributed by atoms with E-state index in [4.69, 9.17) is 15.2 Å². The quantitative estimate of drug-likeness (QED) is 0.458. The highest BCUT2D eigenvalue weighted by Gasteiger charge is 2.26. The number of aromatic nitrogens is 1. The second-order valence-electron chi connectivity index (χ2n) is 7.24. The first-order valence-electron chi connectivity index (χ1n) is 9.15. The maximum Gasteiger partial charge on any atom is 0.328 e. The summed E-state index contributed by atoms with van der Waals surface area (Å²) < 4.78 is 24.1. The number of rotatable bonds is 10. The normalized spacial score (nSPS) is 12.0. The second-order valence-corrected chi connectivity index (χ2v) is 7.24. The van der Waals surface area contributed by atoms with Gasteiger partial charge in [0.1, 0.15) is 11.9 Å². The fourth-order valence-electron chi connectivity index (χ4n) is 2.05. The van der Waals surface area contributed by atoms with Crippen LogP contribution < -0.4 is 11.1 Å².